The maximum atomic E-state index is 13.2. The third kappa shape index (κ3) is 5.77. The first-order valence-electron chi connectivity index (χ1n) is 7.44. The molecular weight excluding hydrogens is 443 g/mol. The first-order valence-corrected chi connectivity index (χ1v) is 8.52. The summed E-state index contributed by atoms with van der Waals surface area (Å²) in [5.41, 5.74) is 1.18. The first-order chi connectivity index (χ1) is 11.9. The minimum Gasteiger partial charge on any atom is -0.467 e. The molecule has 0 spiro atoms. The van der Waals surface area contributed by atoms with Gasteiger partial charge in [-0.25, -0.2) is 13.6 Å². The van der Waals surface area contributed by atoms with Gasteiger partial charge in [-0.1, -0.05) is 18.2 Å². The van der Waals surface area contributed by atoms with E-state index in [0.717, 1.165) is 21.3 Å². The summed E-state index contributed by atoms with van der Waals surface area (Å²) >= 11 is 2.17. The monoisotopic (exact) mass is 459 g/mol. The van der Waals surface area contributed by atoms with E-state index < -0.39 is 29.6 Å². The van der Waals surface area contributed by atoms with Gasteiger partial charge in [-0.05, 0) is 58.0 Å². The largest absolute Gasteiger partial charge is 0.467 e. The second kappa shape index (κ2) is 8.89. The molecule has 0 unspecified atom stereocenters. The molecule has 0 bridgehead atoms. The fourth-order valence-electron chi connectivity index (χ4n) is 2.27. The molecule has 4 nitrogen and oxygen atoms in total. The number of hydrogen-bond donors (Lipinski definition) is 1. The van der Waals surface area contributed by atoms with Gasteiger partial charge in [-0.15, -0.1) is 0 Å². The van der Waals surface area contributed by atoms with E-state index in [-0.39, 0.29) is 12.8 Å². The van der Waals surface area contributed by atoms with E-state index in [1.54, 1.807) is 0 Å². The number of esters is 1. The summed E-state index contributed by atoms with van der Waals surface area (Å²) in [6.45, 7) is 0. The van der Waals surface area contributed by atoms with Crippen LogP contribution in [0, 0.1) is 15.2 Å². The second-order valence-corrected chi connectivity index (χ2v) is 6.64. The molecule has 132 valence electrons. The van der Waals surface area contributed by atoms with Gasteiger partial charge in [-0.3, -0.25) is 4.79 Å². The molecule has 25 heavy (non-hydrogen) atoms. The van der Waals surface area contributed by atoms with Crippen molar-refractivity contribution >= 4 is 34.5 Å². The van der Waals surface area contributed by atoms with E-state index in [4.69, 9.17) is 4.74 Å². The van der Waals surface area contributed by atoms with Gasteiger partial charge in [0.15, 0.2) is 11.6 Å². The summed E-state index contributed by atoms with van der Waals surface area (Å²) in [4.78, 5) is 24.1. The minimum atomic E-state index is -1.02. The quantitative estimate of drug-likeness (QED) is 0.534. The average molecular weight is 459 g/mol. The van der Waals surface area contributed by atoms with E-state index in [2.05, 4.69) is 27.9 Å². The van der Waals surface area contributed by atoms with E-state index in [1.807, 2.05) is 24.3 Å². The molecule has 0 aliphatic carbocycles. The molecule has 1 atom stereocenters. The van der Waals surface area contributed by atoms with Crippen molar-refractivity contribution in [3.8, 4) is 0 Å². The lowest BCUT2D eigenvalue weighted by Crippen LogP contribution is -2.43. The van der Waals surface area contributed by atoms with E-state index in [1.165, 1.54) is 13.2 Å². The van der Waals surface area contributed by atoms with E-state index in [0.29, 0.717) is 5.56 Å². The Bertz CT molecular complexity index is 765. The number of hydrogen-bond acceptors (Lipinski definition) is 3. The predicted octanol–water partition coefficient (Wildman–Crippen LogP) is 3.01. The Morgan fingerprint density at radius 3 is 2.32 bits per heavy atom. The van der Waals surface area contributed by atoms with Gasteiger partial charge in [0.1, 0.15) is 6.04 Å². The van der Waals surface area contributed by atoms with Crippen LogP contribution in [0.15, 0.2) is 42.5 Å². The molecular formula is C18H16F2INO3. The summed E-state index contributed by atoms with van der Waals surface area (Å²) in [6.07, 6.45) is 0.102. The lowest BCUT2D eigenvalue weighted by Gasteiger charge is -2.17. The van der Waals surface area contributed by atoms with Gasteiger partial charge in [0.2, 0.25) is 5.91 Å². The Kier molecular flexibility index (Phi) is 6.86. The lowest BCUT2D eigenvalue weighted by atomic mass is 10.1. The van der Waals surface area contributed by atoms with Crippen LogP contribution in [0.5, 0.6) is 0 Å². The number of nitrogens with one attached hydrogen (secondary N) is 1. The van der Waals surface area contributed by atoms with Crippen LogP contribution in [0.3, 0.4) is 0 Å². The van der Waals surface area contributed by atoms with Crippen LogP contribution in [0.25, 0.3) is 0 Å². The molecule has 7 heteroatoms. The van der Waals surface area contributed by atoms with Gasteiger partial charge >= 0.3 is 5.97 Å². The zero-order valence-corrected chi connectivity index (χ0v) is 15.5. The van der Waals surface area contributed by atoms with Crippen molar-refractivity contribution in [2.45, 2.75) is 18.9 Å². The fourth-order valence-corrected chi connectivity index (χ4v) is 2.63. The van der Waals surface area contributed by atoms with Crippen LogP contribution in [0.2, 0.25) is 0 Å². The highest BCUT2D eigenvalue weighted by atomic mass is 127. The van der Waals surface area contributed by atoms with Crippen LogP contribution >= 0.6 is 22.6 Å². The number of halogens is 3. The highest BCUT2D eigenvalue weighted by Crippen LogP contribution is 2.11. The van der Waals surface area contributed by atoms with Gasteiger partial charge in [0.25, 0.3) is 0 Å². The minimum absolute atomic E-state index is 0.169. The molecule has 0 aliphatic heterocycles. The number of benzene rings is 2. The van der Waals surface area contributed by atoms with Crippen molar-refractivity contribution in [1.82, 2.24) is 5.32 Å². The summed E-state index contributed by atoms with van der Waals surface area (Å²) in [6, 6.07) is 9.90. The molecule has 0 saturated carbocycles. The molecule has 0 heterocycles. The number of carbonyl (C=O) groups excluding carboxylic acids is 2. The average Bonchev–Trinajstić information content (AvgIpc) is 2.58. The van der Waals surface area contributed by atoms with Crippen molar-refractivity contribution in [1.29, 1.82) is 0 Å². The van der Waals surface area contributed by atoms with Gasteiger partial charge in [0, 0.05) is 9.99 Å². The summed E-state index contributed by atoms with van der Waals surface area (Å²) in [7, 11) is 1.24. The Labute approximate surface area is 157 Å². The maximum Gasteiger partial charge on any atom is 0.328 e. The zero-order valence-electron chi connectivity index (χ0n) is 13.4. The third-order valence-electron chi connectivity index (χ3n) is 3.52. The van der Waals surface area contributed by atoms with E-state index >= 15 is 0 Å². The number of ether oxygens (including phenoxy) is 1. The highest BCUT2D eigenvalue weighted by Gasteiger charge is 2.22. The summed E-state index contributed by atoms with van der Waals surface area (Å²) < 4.78 is 31.9. The molecule has 0 fully saturated rings. The third-order valence-corrected chi connectivity index (χ3v) is 4.24. The normalized spacial score (nSPS) is 11.7. The van der Waals surface area contributed by atoms with Crippen LogP contribution in [0.4, 0.5) is 8.78 Å². The smallest absolute Gasteiger partial charge is 0.328 e. The lowest BCUT2D eigenvalue weighted by molar-refractivity contribution is -0.145. The number of methoxy groups -OCH3 is 1. The van der Waals surface area contributed by atoms with Crippen LogP contribution in [-0.4, -0.2) is 25.0 Å². The van der Waals surface area contributed by atoms with Crippen LogP contribution in [0.1, 0.15) is 11.1 Å². The second-order valence-electron chi connectivity index (χ2n) is 5.40. The molecule has 1 amide bonds. The van der Waals surface area contributed by atoms with Gasteiger partial charge < -0.3 is 10.1 Å². The number of carbonyl (C=O) groups is 2. The molecule has 0 aromatic heterocycles. The first kappa shape index (κ1) is 19.3. The number of amides is 1. The molecule has 2 rings (SSSR count). The Morgan fingerprint density at radius 2 is 1.72 bits per heavy atom. The Morgan fingerprint density at radius 1 is 1.08 bits per heavy atom. The molecule has 2 aromatic rings. The standard InChI is InChI=1S/C18H16F2INO3/c1-25-18(24)16(9-11-2-5-13(21)6-3-11)22-17(23)10-12-4-7-14(19)15(20)8-12/h2-8,16H,9-10H2,1H3,(H,22,23)/t16-/m1/s1. The summed E-state index contributed by atoms with van der Waals surface area (Å²) in [5.74, 6) is -3.05. The topological polar surface area (TPSA) is 55.4 Å². The molecule has 0 radical (unpaired) electrons. The Balaban J connectivity index is 2.05. The maximum absolute atomic E-state index is 13.2. The van der Waals surface area contributed by atoms with Crippen molar-refractivity contribution < 1.29 is 23.1 Å². The van der Waals surface area contributed by atoms with Gasteiger partial charge in [0.05, 0.1) is 13.5 Å². The van der Waals surface area contributed by atoms with E-state index in [9.17, 15) is 18.4 Å². The van der Waals surface area contributed by atoms with Crippen LogP contribution < -0.4 is 5.32 Å². The van der Waals surface area contributed by atoms with Crippen molar-refractivity contribution in [2.24, 2.45) is 0 Å². The molecule has 0 aliphatic rings. The molecule has 2 aromatic carbocycles. The molecule has 0 saturated heterocycles. The SMILES string of the molecule is COC(=O)[C@@H](Cc1ccc(I)cc1)NC(=O)Cc1ccc(F)c(F)c1. The highest BCUT2D eigenvalue weighted by molar-refractivity contribution is 14.1. The number of rotatable bonds is 6. The predicted molar refractivity (Wildman–Crippen MR) is 96.9 cm³/mol. The zero-order chi connectivity index (χ0) is 18.4. The van der Waals surface area contributed by atoms with Crippen molar-refractivity contribution in [3.63, 3.8) is 0 Å². The van der Waals surface area contributed by atoms with Crippen LogP contribution in [-0.2, 0) is 27.2 Å². The van der Waals surface area contributed by atoms with Crippen molar-refractivity contribution in [2.75, 3.05) is 7.11 Å². The molecule has 1 N–H and O–H groups in total. The van der Waals surface area contributed by atoms with Crippen molar-refractivity contribution in [3.05, 3.63) is 68.8 Å². The Hall–Kier alpha value is -2.03. The summed E-state index contributed by atoms with van der Waals surface area (Å²) in [5, 5.41) is 2.58. The van der Waals surface area contributed by atoms with Gasteiger partial charge in [-0.2, -0.15) is 0 Å². The fraction of sp³-hybridized carbons (Fsp3) is 0.222.